The third kappa shape index (κ3) is 4.73. The second-order valence-corrected chi connectivity index (χ2v) is 4.52. The molecule has 1 heterocycles. The van der Waals surface area contributed by atoms with Gasteiger partial charge in [0.25, 0.3) is 0 Å². The van der Waals surface area contributed by atoms with E-state index in [9.17, 15) is 9.59 Å². The van der Waals surface area contributed by atoms with Gasteiger partial charge in [0.2, 0.25) is 11.8 Å². The molecule has 0 aromatic rings. The molecule has 1 saturated heterocycles. The molecule has 2 amide bonds. The number of aliphatic hydroxyl groups is 1. The van der Waals surface area contributed by atoms with Crippen LogP contribution in [0, 0.1) is 0 Å². The Morgan fingerprint density at radius 1 is 1.41 bits per heavy atom. The molecule has 0 bridgehead atoms. The van der Waals surface area contributed by atoms with Gasteiger partial charge in [-0.1, -0.05) is 0 Å². The molecular formula is C12H22N2O3. The molecule has 0 atom stereocenters. The summed E-state index contributed by atoms with van der Waals surface area (Å²) in [6, 6.07) is 0. The number of hydrogen-bond donors (Lipinski definition) is 1. The van der Waals surface area contributed by atoms with E-state index >= 15 is 0 Å². The van der Waals surface area contributed by atoms with Crippen LogP contribution >= 0.6 is 0 Å². The fourth-order valence-electron chi connectivity index (χ4n) is 1.92. The molecule has 17 heavy (non-hydrogen) atoms. The first-order valence-electron chi connectivity index (χ1n) is 6.27. The topological polar surface area (TPSA) is 60.9 Å². The lowest BCUT2D eigenvalue weighted by Gasteiger charge is -2.21. The highest BCUT2D eigenvalue weighted by Gasteiger charge is 2.23. The van der Waals surface area contributed by atoms with Gasteiger partial charge in [0, 0.05) is 33.2 Å². The number of unbranched alkanes of at least 4 members (excludes halogenated alkanes) is 2. The molecule has 5 nitrogen and oxygen atoms in total. The zero-order valence-corrected chi connectivity index (χ0v) is 10.5. The molecule has 0 aromatic carbocycles. The smallest absolute Gasteiger partial charge is 0.241 e. The number of hydrogen-bond acceptors (Lipinski definition) is 3. The van der Waals surface area contributed by atoms with E-state index in [1.165, 1.54) is 0 Å². The maximum absolute atomic E-state index is 11.8. The Balaban J connectivity index is 2.19. The van der Waals surface area contributed by atoms with E-state index in [0.717, 1.165) is 25.7 Å². The first-order chi connectivity index (χ1) is 8.15. The monoisotopic (exact) mass is 242 g/mol. The van der Waals surface area contributed by atoms with E-state index in [1.54, 1.807) is 16.8 Å². The van der Waals surface area contributed by atoms with E-state index in [-0.39, 0.29) is 25.0 Å². The molecule has 0 unspecified atom stereocenters. The zero-order valence-electron chi connectivity index (χ0n) is 10.5. The summed E-state index contributed by atoms with van der Waals surface area (Å²) in [6.07, 6.45) is 4.06. The van der Waals surface area contributed by atoms with Crippen molar-refractivity contribution >= 4 is 11.8 Å². The number of rotatable bonds is 7. The molecule has 1 aliphatic rings. The minimum atomic E-state index is 0.00393. The van der Waals surface area contributed by atoms with Crippen molar-refractivity contribution in [3.05, 3.63) is 0 Å². The summed E-state index contributed by atoms with van der Waals surface area (Å²) in [7, 11) is 1.77. The van der Waals surface area contributed by atoms with Gasteiger partial charge < -0.3 is 14.9 Å². The second kappa shape index (κ2) is 7.27. The third-order valence-electron chi connectivity index (χ3n) is 3.07. The molecule has 1 N–H and O–H groups in total. The summed E-state index contributed by atoms with van der Waals surface area (Å²) < 4.78 is 0. The Hall–Kier alpha value is -1.10. The van der Waals surface area contributed by atoms with Crippen LogP contribution < -0.4 is 0 Å². The highest BCUT2D eigenvalue weighted by atomic mass is 16.3. The number of carbonyl (C=O) groups is 2. The van der Waals surface area contributed by atoms with E-state index in [4.69, 9.17) is 5.11 Å². The molecule has 0 radical (unpaired) electrons. The number of carbonyl (C=O) groups excluding carboxylic acids is 2. The Labute approximate surface area is 102 Å². The summed E-state index contributed by atoms with van der Waals surface area (Å²) in [5.41, 5.74) is 0. The first-order valence-corrected chi connectivity index (χ1v) is 6.27. The lowest BCUT2D eigenvalue weighted by Crippen LogP contribution is -2.39. The maximum atomic E-state index is 11.8. The normalized spacial score (nSPS) is 15.4. The highest BCUT2D eigenvalue weighted by molar-refractivity contribution is 5.85. The van der Waals surface area contributed by atoms with Gasteiger partial charge in [-0.25, -0.2) is 0 Å². The minimum absolute atomic E-state index is 0.00393. The fourth-order valence-corrected chi connectivity index (χ4v) is 1.92. The van der Waals surface area contributed by atoms with Crippen LogP contribution in [0.1, 0.15) is 32.1 Å². The van der Waals surface area contributed by atoms with Crippen molar-refractivity contribution in [2.45, 2.75) is 32.1 Å². The molecule has 0 aromatic heterocycles. The largest absolute Gasteiger partial charge is 0.396 e. The lowest BCUT2D eigenvalue weighted by atomic mass is 10.2. The number of likely N-dealkylation sites (N-methyl/N-ethyl adjacent to an activating group) is 1. The Bertz CT molecular complexity index is 268. The standard InChI is InChI=1S/C12H22N2O3/c1-13(7-3-2-4-9-15)12(17)10-14-8-5-6-11(14)16/h15H,2-10H2,1H3. The van der Waals surface area contributed by atoms with Crippen molar-refractivity contribution in [3.8, 4) is 0 Å². The summed E-state index contributed by atoms with van der Waals surface area (Å²) in [5, 5.41) is 8.63. The first kappa shape index (κ1) is 14.0. The molecule has 1 aliphatic heterocycles. The van der Waals surface area contributed by atoms with E-state index in [1.807, 2.05) is 0 Å². The average molecular weight is 242 g/mol. The summed E-state index contributed by atoms with van der Waals surface area (Å²) in [6.45, 7) is 1.83. The van der Waals surface area contributed by atoms with Crippen LogP contribution in [-0.2, 0) is 9.59 Å². The van der Waals surface area contributed by atoms with Gasteiger partial charge in [0.05, 0.1) is 6.54 Å². The van der Waals surface area contributed by atoms with E-state index in [2.05, 4.69) is 0 Å². The molecule has 98 valence electrons. The SMILES string of the molecule is CN(CCCCCO)C(=O)CN1CCCC1=O. The lowest BCUT2D eigenvalue weighted by molar-refractivity contribution is -0.137. The van der Waals surface area contributed by atoms with Crippen LogP contribution in [0.3, 0.4) is 0 Å². The van der Waals surface area contributed by atoms with Gasteiger partial charge in [-0.05, 0) is 25.7 Å². The van der Waals surface area contributed by atoms with E-state index in [0.29, 0.717) is 19.5 Å². The molecule has 0 spiro atoms. The Kier molecular flexibility index (Phi) is 5.97. The Morgan fingerprint density at radius 2 is 2.18 bits per heavy atom. The number of likely N-dealkylation sites (tertiary alicyclic amines) is 1. The van der Waals surface area contributed by atoms with Gasteiger partial charge >= 0.3 is 0 Å². The van der Waals surface area contributed by atoms with Crippen molar-refractivity contribution < 1.29 is 14.7 Å². The van der Waals surface area contributed by atoms with Crippen LogP contribution in [-0.4, -0.2) is 60.0 Å². The molecule has 1 rings (SSSR count). The summed E-state index contributed by atoms with van der Waals surface area (Å²) in [5.74, 6) is 0.0938. The fraction of sp³-hybridized carbons (Fsp3) is 0.833. The highest BCUT2D eigenvalue weighted by Crippen LogP contribution is 2.09. The van der Waals surface area contributed by atoms with Crippen LogP contribution in [0.15, 0.2) is 0 Å². The molecule has 1 fully saturated rings. The van der Waals surface area contributed by atoms with Crippen LogP contribution in [0.5, 0.6) is 0 Å². The zero-order chi connectivity index (χ0) is 12.7. The number of nitrogens with zero attached hydrogens (tertiary/aromatic N) is 2. The summed E-state index contributed by atoms with van der Waals surface area (Å²) >= 11 is 0. The summed E-state index contributed by atoms with van der Waals surface area (Å²) in [4.78, 5) is 26.5. The molecule has 0 saturated carbocycles. The minimum Gasteiger partial charge on any atom is -0.396 e. The van der Waals surface area contributed by atoms with Crippen LogP contribution in [0.2, 0.25) is 0 Å². The molecule has 0 aliphatic carbocycles. The quantitative estimate of drug-likeness (QED) is 0.650. The van der Waals surface area contributed by atoms with E-state index < -0.39 is 0 Å². The van der Waals surface area contributed by atoms with Crippen LogP contribution in [0.25, 0.3) is 0 Å². The van der Waals surface area contributed by atoms with Gasteiger partial charge in [-0.2, -0.15) is 0 Å². The van der Waals surface area contributed by atoms with Crippen LogP contribution in [0.4, 0.5) is 0 Å². The average Bonchev–Trinajstić information content (AvgIpc) is 2.70. The molecular weight excluding hydrogens is 220 g/mol. The maximum Gasteiger partial charge on any atom is 0.241 e. The number of amides is 2. The van der Waals surface area contributed by atoms with Crippen molar-refractivity contribution in [1.29, 1.82) is 0 Å². The predicted molar refractivity (Wildman–Crippen MR) is 64.4 cm³/mol. The van der Waals surface area contributed by atoms with Gasteiger partial charge in [0.15, 0.2) is 0 Å². The second-order valence-electron chi connectivity index (χ2n) is 4.52. The van der Waals surface area contributed by atoms with Crippen molar-refractivity contribution in [3.63, 3.8) is 0 Å². The van der Waals surface area contributed by atoms with Gasteiger partial charge in [0.1, 0.15) is 0 Å². The Morgan fingerprint density at radius 3 is 2.76 bits per heavy atom. The van der Waals surface area contributed by atoms with Gasteiger partial charge in [-0.15, -0.1) is 0 Å². The molecule has 5 heteroatoms. The van der Waals surface area contributed by atoms with Gasteiger partial charge in [-0.3, -0.25) is 9.59 Å². The predicted octanol–water partition coefficient (Wildman–Crippen LogP) is 0.230. The van der Waals surface area contributed by atoms with Crippen molar-refractivity contribution in [2.24, 2.45) is 0 Å². The third-order valence-corrected chi connectivity index (χ3v) is 3.07. The van der Waals surface area contributed by atoms with Crippen molar-refractivity contribution in [2.75, 3.05) is 33.3 Å². The number of aliphatic hydroxyl groups excluding tert-OH is 1. The van der Waals surface area contributed by atoms with Crippen molar-refractivity contribution in [1.82, 2.24) is 9.80 Å².